The Hall–Kier alpha value is -1.90. The Kier molecular flexibility index (Phi) is 3.38. The molecular weight excluding hydrogens is 241 g/mol. The van der Waals surface area contributed by atoms with Gasteiger partial charge in [0.05, 0.1) is 19.1 Å². The molecule has 0 aromatic carbocycles. The van der Waals surface area contributed by atoms with Crippen LogP contribution in [0.5, 0.6) is 0 Å². The van der Waals surface area contributed by atoms with Gasteiger partial charge < -0.3 is 0 Å². The second-order valence-corrected chi connectivity index (χ2v) is 5.28. The van der Waals surface area contributed by atoms with Gasteiger partial charge in [0.25, 0.3) is 0 Å². The molecule has 0 saturated carbocycles. The van der Waals surface area contributed by atoms with E-state index in [1.165, 1.54) is 33.7 Å². The number of nitriles is 1. The fourth-order valence-corrected chi connectivity index (χ4v) is 2.94. The molecule has 0 spiro atoms. The summed E-state index contributed by atoms with van der Waals surface area (Å²) in [4.78, 5) is 7.68. The first-order valence-corrected chi connectivity index (χ1v) is 6.39. The lowest BCUT2D eigenvalue weighted by Crippen LogP contribution is -2.07. The van der Waals surface area contributed by atoms with Crippen LogP contribution < -0.4 is 0 Å². The van der Waals surface area contributed by atoms with Gasteiger partial charge in [0, 0.05) is 24.8 Å². The summed E-state index contributed by atoms with van der Waals surface area (Å²) in [6.45, 7) is 0.0874. The molecule has 0 atom stereocenters. The maximum absolute atomic E-state index is 12.7. The first kappa shape index (κ1) is 11.6. The molecule has 8 heteroatoms. The summed E-state index contributed by atoms with van der Waals surface area (Å²) in [5.41, 5.74) is 0. The van der Waals surface area contributed by atoms with Gasteiger partial charge in [0.15, 0.2) is 0 Å². The molecule has 88 valence electrons. The van der Waals surface area contributed by atoms with E-state index in [0.29, 0.717) is 0 Å². The maximum atomic E-state index is 12.7. The quantitative estimate of drug-likeness (QED) is 0.594. The normalized spacial score (nSPS) is 11.2. The molecule has 17 heavy (non-hydrogen) atoms. The number of imidazole rings is 2. The Morgan fingerprint density at radius 2 is 1.82 bits per heavy atom. The van der Waals surface area contributed by atoms with Crippen LogP contribution >= 0.6 is 7.67 Å². The molecule has 0 bridgehead atoms. The van der Waals surface area contributed by atoms with E-state index in [1.54, 1.807) is 12.4 Å². The van der Waals surface area contributed by atoms with Gasteiger partial charge in [0.2, 0.25) is 0 Å². The van der Waals surface area contributed by atoms with E-state index >= 15 is 0 Å². The molecule has 0 aliphatic rings. The molecule has 0 aliphatic heterocycles. The average Bonchev–Trinajstić information content (AvgIpc) is 3.02. The summed E-state index contributed by atoms with van der Waals surface area (Å²) >= 11 is 0. The van der Waals surface area contributed by atoms with Gasteiger partial charge in [-0.25, -0.2) is 23.2 Å². The van der Waals surface area contributed by atoms with E-state index in [1.807, 2.05) is 6.07 Å². The molecule has 0 N–H and O–H groups in total. The number of aromatic nitrogens is 4. The van der Waals surface area contributed by atoms with Gasteiger partial charge in [-0.1, -0.05) is 0 Å². The standard InChI is InChI=1S/C9H10N5O2P/c10-2-1-7-16-17(15,13-5-3-11-8-13)14-6-4-12-9-14/h3-6,8-9H,1,7H2. The highest BCUT2D eigenvalue weighted by Crippen LogP contribution is 2.49. The predicted octanol–water partition coefficient (Wildman–Crippen LogP) is 1.51. The third-order valence-electron chi connectivity index (χ3n) is 2.04. The minimum absolute atomic E-state index is 0.0874. The number of hydrogen-bond acceptors (Lipinski definition) is 5. The van der Waals surface area contributed by atoms with Crippen molar-refractivity contribution in [2.45, 2.75) is 6.42 Å². The SMILES string of the molecule is N#CCCOP(=O)(n1ccnc1)n1ccnc1. The van der Waals surface area contributed by atoms with Crippen molar-refractivity contribution in [3.05, 3.63) is 37.4 Å². The molecule has 0 saturated heterocycles. The van der Waals surface area contributed by atoms with Crippen molar-refractivity contribution in [3.63, 3.8) is 0 Å². The van der Waals surface area contributed by atoms with Crippen LogP contribution in [0.25, 0.3) is 0 Å². The first-order chi connectivity index (χ1) is 8.27. The van der Waals surface area contributed by atoms with E-state index in [-0.39, 0.29) is 13.0 Å². The van der Waals surface area contributed by atoms with Crippen molar-refractivity contribution in [2.24, 2.45) is 0 Å². The van der Waals surface area contributed by atoms with Crippen molar-refractivity contribution in [2.75, 3.05) is 6.61 Å². The Balaban J connectivity index is 2.31. The van der Waals surface area contributed by atoms with Gasteiger partial charge in [-0.15, -0.1) is 0 Å². The first-order valence-electron chi connectivity index (χ1n) is 4.86. The van der Waals surface area contributed by atoms with Gasteiger partial charge in [-0.2, -0.15) is 5.26 Å². The molecule has 2 rings (SSSR count). The van der Waals surface area contributed by atoms with Crippen molar-refractivity contribution < 1.29 is 9.09 Å². The number of rotatable bonds is 5. The number of nitrogens with zero attached hydrogens (tertiary/aromatic N) is 5. The third-order valence-corrected chi connectivity index (χ3v) is 4.20. The number of hydrogen-bond donors (Lipinski definition) is 0. The average molecular weight is 251 g/mol. The molecule has 0 radical (unpaired) electrons. The van der Waals surface area contributed by atoms with Crippen LogP contribution in [-0.4, -0.2) is 25.3 Å². The highest BCUT2D eigenvalue weighted by molar-refractivity contribution is 7.55. The zero-order chi connectivity index (χ0) is 12.1. The second kappa shape index (κ2) is 4.95. The van der Waals surface area contributed by atoms with Crippen molar-refractivity contribution >= 4 is 7.67 Å². The van der Waals surface area contributed by atoms with Crippen molar-refractivity contribution in [1.29, 1.82) is 5.26 Å². The summed E-state index contributed by atoms with van der Waals surface area (Å²) in [7, 11) is -3.30. The van der Waals surface area contributed by atoms with Crippen LogP contribution in [0.1, 0.15) is 6.42 Å². The van der Waals surface area contributed by atoms with Gasteiger partial charge in [-0.3, -0.25) is 4.52 Å². The Labute approximate surface area is 97.9 Å². The van der Waals surface area contributed by atoms with Gasteiger partial charge in [0.1, 0.15) is 12.7 Å². The zero-order valence-corrected chi connectivity index (χ0v) is 9.77. The maximum Gasteiger partial charge on any atom is 0.406 e. The molecule has 2 aromatic heterocycles. The fourth-order valence-electron chi connectivity index (χ4n) is 1.27. The third kappa shape index (κ3) is 2.28. The minimum Gasteiger partial charge on any atom is -0.296 e. The lowest BCUT2D eigenvalue weighted by Gasteiger charge is -2.18. The summed E-state index contributed by atoms with van der Waals surface area (Å²) in [6.07, 6.45) is 9.11. The van der Waals surface area contributed by atoms with Crippen molar-refractivity contribution in [1.82, 2.24) is 18.6 Å². The summed E-state index contributed by atoms with van der Waals surface area (Å²) in [5.74, 6) is 0. The Bertz CT molecular complexity index is 504. The van der Waals surface area contributed by atoms with E-state index in [2.05, 4.69) is 9.97 Å². The van der Waals surface area contributed by atoms with Crippen LogP contribution in [0, 0.1) is 11.3 Å². The topological polar surface area (TPSA) is 85.7 Å². The lowest BCUT2D eigenvalue weighted by atomic mass is 10.5. The summed E-state index contributed by atoms with van der Waals surface area (Å²) in [5, 5.41) is 8.47. The van der Waals surface area contributed by atoms with E-state index < -0.39 is 7.67 Å². The Morgan fingerprint density at radius 1 is 1.24 bits per heavy atom. The monoisotopic (exact) mass is 251 g/mol. The largest absolute Gasteiger partial charge is 0.406 e. The molecular formula is C9H10N5O2P. The summed E-state index contributed by atoms with van der Waals surface area (Å²) < 4.78 is 20.8. The smallest absolute Gasteiger partial charge is 0.296 e. The van der Waals surface area contributed by atoms with Crippen LogP contribution in [0.3, 0.4) is 0 Å². The van der Waals surface area contributed by atoms with Crippen LogP contribution in [0.15, 0.2) is 37.4 Å². The minimum atomic E-state index is -3.30. The molecule has 2 heterocycles. The van der Waals surface area contributed by atoms with Gasteiger partial charge in [-0.05, 0) is 0 Å². The zero-order valence-electron chi connectivity index (χ0n) is 8.88. The molecule has 0 amide bonds. The van der Waals surface area contributed by atoms with Crippen LogP contribution in [0.4, 0.5) is 0 Å². The van der Waals surface area contributed by atoms with Crippen LogP contribution in [0.2, 0.25) is 0 Å². The molecule has 0 unspecified atom stereocenters. The predicted molar refractivity (Wildman–Crippen MR) is 59.0 cm³/mol. The molecule has 7 nitrogen and oxygen atoms in total. The van der Waals surface area contributed by atoms with E-state index in [0.717, 1.165) is 0 Å². The lowest BCUT2D eigenvalue weighted by molar-refractivity contribution is 0.308. The van der Waals surface area contributed by atoms with Gasteiger partial charge >= 0.3 is 7.67 Å². The highest BCUT2D eigenvalue weighted by atomic mass is 31.2. The fraction of sp³-hybridized carbons (Fsp3) is 0.222. The van der Waals surface area contributed by atoms with Crippen LogP contribution in [-0.2, 0) is 9.09 Å². The van der Waals surface area contributed by atoms with E-state index in [4.69, 9.17) is 9.79 Å². The second-order valence-electron chi connectivity index (χ2n) is 3.12. The highest BCUT2D eigenvalue weighted by Gasteiger charge is 2.27. The van der Waals surface area contributed by atoms with E-state index in [9.17, 15) is 4.57 Å². The van der Waals surface area contributed by atoms with Crippen molar-refractivity contribution in [3.8, 4) is 6.07 Å². The molecule has 0 aliphatic carbocycles. The molecule has 2 aromatic rings. The summed E-state index contributed by atoms with van der Waals surface area (Å²) in [6, 6.07) is 1.93. The Morgan fingerprint density at radius 3 is 2.24 bits per heavy atom. The molecule has 0 fully saturated rings.